The Morgan fingerprint density at radius 1 is 0.350 bits per heavy atom. The molecule has 0 bridgehead atoms. The smallest absolute Gasteiger partial charge is 0.164 e. The van der Waals surface area contributed by atoms with E-state index < -0.39 is 8.07 Å². The molecule has 0 atom stereocenters. The lowest BCUT2D eigenvalue weighted by molar-refractivity contribution is 1.07. The second-order valence-electron chi connectivity index (χ2n) is 11.0. The van der Waals surface area contributed by atoms with E-state index in [0.29, 0.717) is 17.5 Å². The summed E-state index contributed by atoms with van der Waals surface area (Å²) in [7, 11) is -1.37. The summed E-state index contributed by atoms with van der Waals surface area (Å²) in [6, 6.07) is 46.5. The molecule has 0 radical (unpaired) electrons. The van der Waals surface area contributed by atoms with E-state index in [0.717, 1.165) is 27.8 Å². The fourth-order valence-corrected chi connectivity index (χ4v) is 5.98. The second-order valence-corrected chi connectivity index (χ2v) is 16.1. The highest BCUT2D eigenvalue weighted by molar-refractivity contribution is 6.88. The van der Waals surface area contributed by atoms with E-state index in [1.54, 1.807) is 0 Å². The summed E-state index contributed by atoms with van der Waals surface area (Å²) in [5.74, 6) is 1.99. The molecule has 0 fully saturated rings. The zero-order valence-electron chi connectivity index (χ0n) is 23.0. The van der Waals surface area contributed by atoms with E-state index in [4.69, 9.17) is 15.0 Å². The minimum absolute atomic E-state index is 0.661. The number of benzene rings is 5. The molecule has 0 saturated carbocycles. The first-order valence-corrected chi connectivity index (χ1v) is 17.1. The Hall–Kier alpha value is -4.67. The van der Waals surface area contributed by atoms with Crippen molar-refractivity contribution in [1.82, 2.24) is 15.0 Å². The summed E-state index contributed by atoms with van der Waals surface area (Å²) in [5.41, 5.74) is 7.68. The Bertz CT molecular complexity index is 1700. The molecule has 194 valence electrons. The quantitative estimate of drug-likeness (QED) is 0.201. The molecule has 4 heteroatoms. The first kappa shape index (κ1) is 25.6. The van der Waals surface area contributed by atoms with E-state index >= 15 is 0 Å². The van der Waals surface area contributed by atoms with Crippen molar-refractivity contribution < 1.29 is 0 Å². The Labute approximate surface area is 237 Å². The SMILES string of the molecule is C[Si](C)(C)c1cccc(-c2ccc(-c3cccc(-c4nc(-c5ccccc5)nc(-c5ccccc5)n4)c3)cc2)c1. The minimum atomic E-state index is -1.37. The molecular weight excluding hydrogens is 503 g/mol. The van der Waals surface area contributed by atoms with Gasteiger partial charge in [0.2, 0.25) is 0 Å². The number of nitrogens with zero attached hydrogens (tertiary/aromatic N) is 3. The summed E-state index contributed by atoms with van der Waals surface area (Å²) < 4.78 is 0. The van der Waals surface area contributed by atoms with Gasteiger partial charge in [0.1, 0.15) is 0 Å². The molecule has 1 heterocycles. The highest BCUT2D eigenvalue weighted by Gasteiger charge is 2.17. The molecule has 0 N–H and O–H groups in total. The van der Waals surface area contributed by atoms with Crippen molar-refractivity contribution in [1.29, 1.82) is 0 Å². The van der Waals surface area contributed by atoms with Crippen LogP contribution in [0.25, 0.3) is 56.4 Å². The summed E-state index contributed by atoms with van der Waals surface area (Å²) >= 11 is 0. The number of rotatable bonds is 6. The van der Waals surface area contributed by atoms with Gasteiger partial charge in [-0.25, -0.2) is 15.0 Å². The van der Waals surface area contributed by atoms with Gasteiger partial charge in [0, 0.05) is 16.7 Å². The van der Waals surface area contributed by atoms with Crippen LogP contribution in [0.1, 0.15) is 0 Å². The third kappa shape index (κ3) is 5.53. The van der Waals surface area contributed by atoms with Crippen molar-refractivity contribution >= 4 is 13.3 Å². The first-order valence-electron chi connectivity index (χ1n) is 13.6. The molecule has 5 aromatic carbocycles. The lowest BCUT2D eigenvalue weighted by Gasteiger charge is -2.17. The second kappa shape index (κ2) is 10.8. The summed E-state index contributed by atoms with van der Waals surface area (Å²) in [5, 5.41) is 1.48. The van der Waals surface area contributed by atoms with Gasteiger partial charge in [0.05, 0.1) is 8.07 Å². The van der Waals surface area contributed by atoms with Crippen LogP contribution in [0.3, 0.4) is 0 Å². The van der Waals surface area contributed by atoms with Crippen LogP contribution in [-0.4, -0.2) is 23.0 Å². The van der Waals surface area contributed by atoms with Crippen LogP contribution >= 0.6 is 0 Å². The molecule has 0 amide bonds. The van der Waals surface area contributed by atoms with Crippen molar-refractivity contribution in [3.05, 3.63) is 133 Å². The Morgan fingerprint density at radius 3 is 1.25 bits per heavy atom. The third-order valence-electron chi connectivity index (χ3n) is 7.10. The van der Waals surface area contributed by atoms with Crippen molar-refractivity contribution in [2.75, 3.05) is 0 Å². The predicted molar refractivity (Wildman–Crippen MR) is 170 cm³/mol. The number of aromatic nitrogens is 3. The third-order valence-corrected chi connectivity index (χ3v) is 9.14. The van der Waals surface area contributed by atoms with Gasteiger partial charge in [-0.15, -0.1) is 0 Å². The zero-order chi connectivity index (χ0) is 27.5. The number of hydrogen-bond acceptors (Lipinski definition) is 3. The standard InChI is InChI=1S/C36H31N3Si/c1-40(2,3)33-19-11-17-31(25-33)27-22-20-26(21-23-27)30-16-10-18-32(24-30)36-38-34(28-12-6-4-7-13-28)37-35(39-36)29-14-8-5-9-15-29/h4-25H,1-3H3. The maximum Gasteiger partial charge on any atom is 0.164 e. The van der Waals surface area contributed by atoms with Crippen LogP contribution in [0.2, 0.25) is 19.6 Å². The van der Waals surface area contributed by atoms with Gasteiger partial charge >= 0.3 is 0 Å². The van der Waals surface area contributed by atoms with E-state index in [-0.39, 0.29) is 0 Å². The fourth-order valence-electron chi connectivity index (χ4n) is 4.80. The lowest BCUT2D eigenvalue weighted by Crippen LogP contribution is -2.37. The van der Waals surface area contributed by atoms with Crippen LogP contribution in [0.4, 0.5) is 0 Å². The van der Waals surface area contributed by atoms with Crippen LogP contribution in [0, 0.1) is 0 Å². The molecule has 40 heavy (non-hydrogen) atoms. The molecule has 0 aliphatic rings. The fraction of sp³-hybridized carbons (Fsp3) is 0.0833. The Morgan fingerprint density at radius 2 is 0.750 bits per heavy atom. The van der Waals surface area contributed by atoms with E-state index in [2.05, 4.69) is 92.4 Å². The van der Waals surface area contributed by atoms with E-state index in [1.807, 2.05) is 60.7 Å². The van der Waals surface area contributed by atoms with Crippen LogP contribution in [0.5, 0.6) is 0 Å². The van der Waals surface area contributed by atoms with Gasteiger partial charge in [-0.2, -0.15) is 0 Å². The predicted octanol–water partition coefficient (Wildman–Crippen LogP) is 8.75. The van der Waals surface area contributed by atoms with Crippen LogP contribution < -0.4 is 5.19 Å². The van der Waals surface area contributed by atoms with Crippen molar-refractivity contribution in [2.24, 2.45) is 0 Å². The monoisotopic (exact) mass is 533 g/mol. The molecule has 3 nitrogen and oxygen atoms in total. The van der Waals surface area contributed by atoms with Gasteiger partial charge in [0.25, 0.3) is 0 Å². The average molecular weight is 534 g/mol. The molecule has 0 aliphatic heterocycles. The summed E-state index contributed by atoms with van der Waals surface area (Å²) in [6.45, 7) is 7.17. The van der Waals surface area contributed by atoms with Crippen molar-refractivity contribution in [3.63, 3.8) is 0 Å². The molecule has 0 saturated heterocycles. The minimum Gasteiger partial charge on any atom is -0.208 e. The number of hydrogen-bond donors (Lipinski definition) is 0. The molecule has 6 rings (SSSR count). The average Bonchev–Trinajstić information content (AvgIpc) is 3.01. The molecule has 6 aromatic rings. The maximum atomic E-state index is 4.90. The maximum absolute atomic E-state index is 4.90. The molecule has 0 spiro atoms. The normalized spacial score (nSPS) is 11.4. The highest BCUT2D eigenvalue weighted by atomic mass is 28.3. The van der Waals surface area contributed by atoms with Gasteiger partial charge in [-0.3, -0.25) is 0 Å². The summed E-state index contributed by atoms with van der Waals surface area (Å²) in [4.78, 5) is 14.6. The Kier molecular flexibility index (Phi) is 6.93. The zero-order valence-corrected chi connectivity index (χ0v) is 24.0. The largest absolute Gasteiger partial charge is 0.208 e. The van der Waals surface area contributed by atoms with Gasteiger partial charge in [-0.1, -0.05) is 152 Å². The van der Waals surface area contributed by atoms with Gasteiger partial charge < -0.3 is 0 Å². The molecule has 1 aromatic heterocycles. The van der Waals surface area contributed by atoms with E-state index in [1.165, 1.54) is 16.3 Å². The van der Waals surface area contributed by atoms with Gasteiger partial charge in [0.15, 0.2) is 17.5 Å². The van der Waals surface area contributed by atoms with Crippen molar-refractivity contribution in [2.45, 2.75) is 19.6 Å². The topological polar surface area (TPSA) is 38.7 Å². The first-order chi connectivity index (χ1) is 19.4. The van der Waals surface area contributed by atoms with E-state index in [9.17, 15) is 0 Å². The van der Waals surface area contributed by atoms with Crippen LogP contribution in [-0.2, 0) is 0 Å². The van der Waals surface area contributed by atoms with Crippen molar-refractivity contribution in [3.8, 4) is 56.4 Å². The van der Waals surface area contributed by atoms with Crippen LogP contribution in [0.15, 0.2) is 133 Å². The molecular formula is C36H31N3Si. The summed E-state index contributed by atoms with van der Waals surface area (Å²) in [6.07, 6.45) is 0. The lowest BCUT2D eigenvalue weighted by atomic mass is 9.99. The molecule has 0 aliphatic carbocycles. The highest BCUT2D eigenvalue weighted by Crippen LogP contribution is 2.29. The Balaban J connectivity index is 1.37. The van der Waals surface area contributed by atoms with Gasteiger partial charge in [-0.05, 0) is 28.3 Å². The molecule has 0 unspecified atom stereocenters.